The van der Waals surface area contributed by atoms with Crippen molar-refractivity contribution in [2.75, 3.05) is 31.9 Å². The standard InChI is InChI=1S/C19H18FN5O3S/c20-14-4-1-2-5-15(14)25-13-21-22-19(25)29-12-17(26)23-7-9-24(10-8-23)18(27)16-6-3-11-28-16/h1-6,11,13H,7-10,12H2. The highest BCUT2D eigenvalue weighted by atomic mass is 32.2. The van der Waals surface area contributed by atoms with Gasteiger partial charge in [0, 0.05) is 26.2 Å². The van der Waals surface area contributed by atoms with E-state index in [0.717, 1.165) is 0 Å². The number of amides is 2. The van der Waals surface area contributed by atoms with E-state index in [-0.39, 0.29) is 17.6 Å². The van der Waals surface area contributed by atoms with Gasteiger partial charge in [0.25, 0.3) is 5.91 Å². The van der Waals surface area contributed by atoms with Gasteiger partial charge in [-0.25, -0.2) is 4.39 Å². The Morgan fingerprint density at radius 2 is 1.83 bits per heavy atom. The zero-order chi connectivity index (χ0) is 20.2. The fraction of sp³-hybridized carbons (Fsp3) is 0.263. The maximum atomic E-state index is 14.0. The first-order chi connectivity index (χ1) is 14.1. The Labute approximate surface area is 170 Å². The van der Waals surface area contributed by atoms with E-state index in [9.17, 15) is 14.0 Å². The first-order valence-electron chi connectivity index (χ1n) is 9.02. The molecule has 0 N–H and O–H groups in total. The van der Waals surface area contributed by atoms with Gasteiger partial charge < -0.3 is 14.2 Å². The first-order valence-corrected chi connectivity index (χ1v) is 10.0. The molecule has 0 spiro atoms. The van der Waals surface area contributed by atoms with Crippen LogP contribution in [0.15, 0.2) is 58.6 Å². The van der Waals surface area contributed by atoms with E-state index < -0.39 is 5.82 Å². The van der Waals surface area contributed by atoms with Gasteiger partial charge in [-0.2, -0.15) is 0 Å². The minimum Gasteiger partial charge on any atom is -0.459 e. The molecule has 10 heteroatoms. The van der Waals surface area contributed by atoms with E-state index in [0.29, 0.717) is 42.8 Å². The largest absolute Gasteiger partial charge is 0.459 e. The molecule has 0 atom stereocenters. The highest BCUT2D eigenvalue weighted by Gasteiger charge is 2.26. The summed E-state index contributed by atoms with van der Waals surface area (Å²) in [5, 5.41) is 8.26. The van der Waals surface area contributed by atoms with Crippen molar-refractivity contribution in [1.29, 1.82) is 0 Å². The predicted octanol–water partition coefficient (Wildman–Crippen LogP) is 2.08. The Kier molecular flexibility index (Phi) is 5.61. The van der Waals surface area contributed by atoms with E-state index >= 15 is 0 Å². The Morgan fingerprint density at radius 1 is 1.07 bits per heavy atom. The number of carbonyl (C=O) groups excluding carboxylic acids is 2. The van der Waals surface area contributed by atoms with Crippen LogP contribution < -0.4 is 0 Å². The van der Waals surface area contributed by atoms with Crippen LogP contribution in [0.1, 0.15) is 10.6 Å². The predicted molar refractivity (Wildman–Crippen MR) is 103 cm³/mol. The lowest BCUT2D eigenvalue weighted by atomic mass is 10.3. The maximum Gasteiger partial charge on any atom is 0.289 e. The lowest BCUT2D eigenvalue weighted by Crippen LogP contribution is -2.51. The second kappa shape index (κ2) is 8.48. The van der Waals surface area contributed by atoms with Crippen LogP contribution in [0.25, 0.3) is 5.69 Å². The number of piperazine rings is 1. The summed E-state index contributed by atoms with van der Waals surface area (Å²) in [4.78, 5) is 28.2. The Balaban J connectivity index is 1.32. The van der Waals surface area contributed by atoms with Crippen molar-refractivity contribution < 1.29 is 18.4 Å². The van der Waals surface area contributed by atoms with Crippen molar-refractivity contribution in [1.82, 2.24) is 24.6 Å². The van der Waals surface area contributed by atoms with Gasteiger partial charge in [-0.05, 0) is 24.3 Å². The Morgan fingerprint density at radius 3 is 2.55 bits per heavy atom. The van der Waals surface area contributed by atoms with Gasteiger partial charge in [0.1, 0.15) is 12.1 Å². The van der Waals surface area contributed by atoms with Crippen molar-refractivity contribution in [3.8, 4) is 5.69 Å². The van der Waals surface area contributed by atoms with Gasteiger partial charge in [0.15, 0.2) is 10.9 Å². The van der Waals surface area contributed by atoms with Gasteiger partial charge in [-0.3, -0.25) is 14.2 Å². The highest BCUT2D eigenvalue weighted by Crippen LogP contribution is 2.22. The number of hydrogen-bond acceptors (Lipinski definition) is 6. The average molecular weight is 415 g/mol. The molecule has 3 heterocycles. The van der Waals surface area contributed by atoms with Crippen LogP contribution in [-0.4, -0.2) is 68.3 Å². The molecule has 3 aromatic rings. The number of halogens is 1. The van der Waals surface area contributed by atoms with Crippen LogP contribution in [0.5, 0.6) is 0 Å². The number of para-hydroxylation sites is 1. The third-order valence-electron chi connectivity index (χ3n) is 4.60. The SMILES string of the molecule is O=C(CSc1nncn1-c1ccccc1F)N1CCN(C(=O)c2ccco2)CC1. The molecule has 4 rings (SSSR count). The fourth-order valence-electron chi connectivity index (χ4n) is 3.07. The molecular weight excluding hydrogens is 397 g/mol. The second-order valence-corrected chi connectivity index (χ2v) is 7.32. The Hall–Kier alpha value is -3.14. The van der Waals surface area contributed by atoms with Crippen LogP contribution in [0.2, 0.25) is 0 Å². The van der Waals surface area contributed by atoms with Gasteiger partial charge in [0.05, 0.1) is 17.7 Å². The minimum absolute atomic E-state index is 0.0665. The summed E-state index contributed by atoms with van der Waals surface area (Å²) >= 11 is 1.20. The van der Waals surface area contributed by atoms with Gasteiger partial charge in [-0.1, -0.05) is 23.9 Å². The summed E-state index contributed by atoms with van der Waals surface area (Å²) < 4.78 is 20.7. The lowest BCUT2D eigenvalue weighted by Gasteiger charge is -2.34. The van der Waals surface area contributed by atoms with E-state index in [1.54, 1.807) is 40.1 Å². The van der Waals surface area contributed by atoms with Gasteiger partial charge in [-0.15, -0.1) is 10.2 Å². The van der Waals surface area contributed by atoms with Crippen LogP contribution >= 0.6 is 11.8 Å². The zero-order valence-electron chi connectivity index (χ0n) is 15.4. The molecule has 29 heavy (non-hydrogen) atoms. The molecule has 2 amide bonds. The molecule has 1 aromatic carbocycles. The Bertz CT molecular complexity index is 999. The molecule has 150 valence electrons. The van der Waals surface area contributed by atoms with Gasteiger partial charge in [0.2, 0.25) is 5.91 Å². The molecule has 8 nitrogen and oxygen atoms in total. The molecule has 1 fully saturated rings. The van der Waals surface area contributed by atoms with Gasteiger partial charge >= 0.3 is 0 Å². The number of carbonyl (C=O) groups is 2. The van der Waals surface area contributed by atoms with E-state index in [2.05, 4.69) is 10.2 Å². The number of rotatable bonds is 5. The summed E-state index contributed by atoms with van der Waals surface area (Å²) in [6.45, 7) is 1.79. The number of hydrogen-bond donors (Lipinski definition) is 0. The number of furan rings is 1. The molecule has 1 aliphatic heterocycles. The lowest BCUT2D eigenvalue weighted by molar-refractivity contribution is -0.129. The second-order valence-electron chi connectivity index (χ2n) is 6.37. The first kappa shape index (κ1) is 19.2. The summed E-state index contributed by atoms with van der Waals surface area (Å²) in [6, 6.07) is 9.61. The van der Waals surface area contributed by atoms with Crippen LogP contribution in [0.4, 0.5) is 4.39 Å². The average Bonchev–Trinajstić information content (AvgIpc) is 3.44. The summed E-state index contributed by atoms with van der Waals surface area (Å²) in [6.07, 6.45) is 2.88. The number of benzene rings is 1. The normalized spacial score (nSPS) is 14.2. The number of nitrogens with zero attached hydrogens (tertiary/aromatic N) is 5. The zero-order valence-corrected chi connectivity index (χ0v) is 16.2. The van der Waals surface area contributed by atoms with Crippen molar-refractivity contribution in [2.24, 2.45) is 0 Å². The molecule has 0 bridgehead atoms. The molecule has 0 unspecified atom stereocenters. The monoisotopic (exact) mass is 415 g/mol. The van der Waals surface area contributed by atoms with Crippen LogP contribution in [-0.2, 0) is 4.79 Å². The van der Waals surface area contributed by atoms with Crippen LogP contribution in [0, 0.1) is 5.82 Å². The van der Waals surface area contributed by atoms with E-state index in [4.69, 9.17) is 4.42 Å². The highest BCUT2D eigenvalue weighted by molar-refractivity contribution is 7.99. The fourth-order valence-corrected chi connectivity index (χ4v) is 3.89. The third kappa shape index (κ3) is 4.16. The molecular formula is C19H18FN5O3S. The van der Waals surface area contributed by atoms with Crippen LogP contribution in [0.3, 0.4) is 0 Å². The maximum absolute atomic E-state index is 14.0. The summed E-state index contributed by atoms with van der Waals surface area (Å²) in [5.41, 5.74) is 0.331. The minimum atomic E-state index is -0.391. The molecule has 1 aliphatic rings. The molecule has 1 saturated heterocycles. The van der Waals surface area contributed by atoms with E-state index in [1.807, 2.05) is 0 Å². The third-order valence-corrected chi connectivity index (χ3v) is 5.53. The molecule has 0 aliphatic carbocycles. The molecule has 0 radical (unpaired) electrons. The quantitative estimate of drug-likeness (QED) is 0.593. The van der Waals surface area contributed by atoms with Crippen molar-refractivity contribution in [3.05, 3.63) is 60.6 Å². The topological polar surface area (TPSA) is 84.5 Å². The molecule has 0 saturated carbocycles. The summed E-state index contributed by atoms with van der Waals surface area (Å²) in [5.74, 6) is -0.178. The van der Waals surface area contributed by atoms with Crippen molar-refractivity contribution in [3.63, 3.8) is 0 Å². The van der Waals surface area contributed by atoms with Crippen molar-refractivity contribution >= 4 is 23.6 Å². The number of aromatic nitrogens is 3. The van der Waals surface area contributed by atoms with E-state index in [1.165, 1.54) is 35.0 Å². The smallest absolute Gasteiger partial charge is 0.289 e. The summed E-state index contributed by atoms with van der Waals surface area (Å²) in [7, 11) is 0. The van der Waals surface area contributed by atoms with Crippen molar-refractivity contribution in [2.45, 2.75) is 5.16 Å². The number of thioether (sulfide) groups is 1. The molecule has 2 aromatic heterocycles.